The van der Waals surface area contributed by atoms with Crippen LogP contribution >= 0.6 is 15.9 Å². The Morgan fingerprint density at radius 1 is 1.11 bits per heavy atom. The zero-order chi connectivity index (χ0) is 14.0. The number of rotatable bonds is 2. The zero-order valence-corrected chi connectivity index (χ0v) is 10.9. The van der Waals surface area contributed by atoms with E-state index in [9.17, 15) is 13.2 Å². The molecule has 19 heavy (non-hydrogen) atoms. The summed E-state index contributed by atoms with van der Waals surface area (Å²) in [5.41, 5.74) is 0.0967. The van der Waals surface area contributed by atoms with E-state index in [2.05, 4.69) is 21.2 Å². The van der Waals surface area contributed by atoms with Crippen LogP contribution in [0.5, 0.6) is 0 Å². The summed E-state index contributed by atoms with van der Waals surface area (Å²) < 4.78 is 40.1. The lowest BCUT2D eigenvalue weighted by atomic mass is 10.2. The molecule has 0 radical (unpaired) electrons. The molecule has 0 amide bonds. The number of nitrogens with one attached hydrogen (secondary N) is 1. The van der Waals surface area contributed by atoms with Crippen molar-refractivity contribution in [3.05, 3.63) is 57.8 Å². The van der Waals surface area contributed by atoms with Crippen molar-refractivity contribution < 1.29 is 13.2 Å². The standard InChI is InChI=1S/C13H6BrF3N2/c14-9-2-1-3-11(8(9)6-18)19-12-5-7(15)4-10(16)13(12)17/h1-5,19H. The first-order chi connectivity index (χ1) is 9.02. The average Bonchev–Trinajstić information content (AvgIpc) is 2.35. The molecule has 2 aromatic carbocycles. The lowest BCUT2D eigenvalue weighted by Crippen LogP contribution is -2.00. The molecular weight excluding hydrogens is 321 g/mol. The number of nitriles is 1. The summed E-state index contributed by atoms with van der Waals surface area (Å²) in [4.78, 5) is 0. The molecule has 0 saturated heterocycles. The minimum atomic E-state index is -1.30. The van der Waals surface area contributed by atoms with Gasteiger partial charge in [0.2, 0.25) is 0 Å². The van der Waals surface area contributed by atoms with Crippen LogP contribution in [0, 0.1) is 28.8 Å². The Bertz CT molecular complexity index is 680. The maximum atomic E-state index is 13.5. The van der Waals surface area contributed by atoms with Gasteiger partial charge in [0, 0.05) is 16.6 Å². The quantitative estimate of drug-likeness (QED) is 0.826. The summed E-state index contributed by atoms with van der Waals surface area (Å²) in [6.07, 6.45) is 0. The van der Waals surface area contributed by atoms with Crippen LogP contribution in [-0.2, 0) is 0 Å². The van der Waals surface area contributed by atoms with Crippen LogP contribution in [0.15, 0.2) is 34.8 Å². The minimum absolute atomic E-state index is 0.214. The zero-order valence-electron chi connectivity index (χ0n) is 9.35. The third-order valence-corrected chi connectivity index (χ3v) is 3.05. The monoisotopic (exact) mass is 326 g/mol. The largest absolute Gasteiger partial charge is 0.352 e. The number of benzene rings is 2. The molecule has 0 unspecified atom stereocenters. The fraction of sp³-hybridized carbons (Fsp3) is 0. The van der Waals surface area contributed by atoms with Crippen molar-refractivity contribution in [3.63, 3.8) is 0 Å². The molecule has 0 spiro atoms. The lowest BCUT2D eigenvalue weighted by Gasteiger charge is -2.10. The number of anilines is 2. The van der Waals surface area contributed by atoms with Crippen LogP contribution < -0.4 is 5.32 Å². The van der Waals surface area contributed by atoms with Crippen LogP contribution in [0.2, 0.25) is 0 Å². The van der Waals surface area contributed by atoms with Crippen LogP contribution in [0.3, 0.4) is 0 Å². The van der Waals surface area contributed by atoms with Crippen LogP contribution in [0.25, 0.3) is 0 Å². The van der Waals surface area contributed by atoms with Crippen LogP contribution in [-0.4, -0.2) is 0 Å². The Kier molecular flexibility index (Phi) is 3.76. The highest BCUT2D eigenvalue weighted by atomic mass is 79.9. The van der Waals surface area contributed by atoms with Gasteiger partial charge in [-0.05, 0) is 28.1 Å². The molecule has 0 fully saturated rings. The van der Waals surface area contributed by atoms with E-state index in [0.29, 0.717) is 10.5 Å². The molecular formula is C13H6BrF3N2. The second-order valence-corrected chi connectivity index (χ2v) is 4.50. The van der Waals surface area contributed by atoms with E-state index in [1.165, 1.54) is 6.07 Å². The highest BCUT2D eigenvalue weighted by Crippen LogP contribution is 2.29. The number of hydrogen-bond acceptors (Lipinski definition) is 2. The number of halogens is 4. The molecule has 0 aliphatic rings. The van der Waals surface area contributed by atoms with E-state index in [-0.39, 0.29) is 16.9 Å². The van der Waals surface area contributed by atoms with Gasteiger partial charge in [0.1, 0.15) is 11.9 Å². The Balaban J connectivity index is 2.48. The fourth-order valence-corrected chi connectivity index (χ4v) is 1.99. The third kappa shape index (κ3) is 2.71. The predicted octanol–water partition coefficient (Wildman–Crippen LogP) is 4.48. The van der Waals surface area contributed by atoms with Crippen molar-refractivity contribution in [2.45, 2.75) is 0 Å². The second-order valence-electron chi connectivity index (χ2n) is 3.65. The molecule has 2 rings (SSSR count). The van der Waals surface area contributed by atoms with E-state index in [1.807, 2.05) is 6.07 Å². The summed E-state index contributed by atoms with van der Waals surface area (Å²) in [5.74, 6) is -3.41. The van der Waals surface area contributed by atoms with Crippen molar-refractivity contribution in [1.29, 1.82) is 5.26 Å². The van der Waals surface area contributed by atoms with Crippen molar-refractivity contribution >= 4 is 27.3 Å². The smallest absolute Gasteiger partial charge is 0.182 e. The lowest BCUT2D eigenvalue weighted by molar-refractivity contribution is 0.498. The van der Waals surface area contributed by atoms with E-state index in [0.717, 1.165) is 6.07 Å². The van der Waals surface area contributed by atoms with E-state index >= 15 is 0 Å². The van der Waals surface area contributed by atoms with Gasteiger partial charge in [-0.3, -0.25) is 0 Å². The Morgan fingerprint density at radius 3 is 2.53 bits per heavy atom. The molecule has 0 heterocycles. The van der Waals surface area contributed by atoms with E-state index in [4.69, 9.17) is 5.26 Å². The molecule has 2 aromatic rings. The Labute approximate surface area is 115 Å². The third-order valence-electron chi connectivity index (χ3n) is 2.39. The van der Waals surface area contributed by atoms with Gasteiger partial charge in [-0.2, -0.15) is 5.26 Å². The number of hydrogen-bond donors (Lipinski definition) is 1. The molecule has 0 aliphatic carbocycles. The van der Waals surface area contributed by atoms with Gasteiger partial charge in [0.15, 0.2) is 11.6 Å². The molecule has 0 aliphatic heterocycles. The van der Waals surface area contributed by atoms with Crippen LogP contribution in [0.1, 0.15) is 5.56 Å². The van der Waals surface area contributed by atoms with E-state index < -0.39 is 17.5 Å². The SMILES string of the molecule is N#Cc1c(Br)cccc1Nc1cc(F)cc(F)c1F. The minimum Gasteiger partial charge on any atom is -0.352 e. The maximum Gasteiger partial charge on any atom is 0.182 e. The first kappa shape index (κ1) is 13.4. The van der Waals surface area contributed by atoms with Crippen LogP contribution in [0.4, 0.5) is 24.5 Å². The summed E-state index contributed by atoms with van der Waals surface area (Å²) >= 11 is 3.16. The molecule has 0 aromatic heterocycles. The highest BCUT2D eigenvalue weighted by Gasteiger charge is 2.13. The molecule has 0 saturated carbocycles. The topological polar surface area (TPSA) is 35.8 Å². The average molecular weight is 327 g/mol. The van der Waals surface area contributed by atoms with E-state index in [1.54, 1.807) is 12.1 Å². The summed E-state index contributed by atoms with van der Waals surface area (Å²) in [5, 5.41) is 11.5. The van der Waals surface area contributed by atoms with Gasteiger partial charge in [0.05, 0.1) is 16.9 Å². The van der Waals surface area contributed by atoms with Crippen molar-refractivity contribution in [2.24, 2.45) is 0 Å². The molecule has 6 heteroatoms. The summed E-state index contributed by atoms with van der Waals surface area (Å²) in [6.45, 7) is 0. The van der Waals surface area contributed by atoms with Crippen molar-refractivity contribution in [1.82, 2.24) is 0 Å². The fourth-order valence-electron chi connectivity index (χ4n) is 1.53. The van der Waals surface area contributed by atoms with Gasteiger partial charge in [-0.1, -0.05) is 6.07 Å². The van der Waals surface area contributed by atoms with Crippen molar-refractivity contribution in [2.75, 3.05) is 5.32 Å². The van der Waals surface area contributed by atoms with Gasteiger partial charge in [-0.15, -0.1) is 0 Å². The first-order valence-corrected chi connectivity index (χ1v) is 5.92. The van der Waals surface area contributed by atoms with Gasteiger partial charge < -0.3 is 5.32 Å². The summed E-state index contributed by atoms with van der Waals surface area (Å²) in [6, 6.07) is 7.93. The van der Waals surface area contributed by atoms with Crippen molar-refractivity contribution in [3.8, 4) is 6.07 Å². The van der Waals surface area contributed by atoms with Gasteiger partial charge >= 0.3 is 0 Å². The second kappa shape index (κ2) is 5.33. The molecule has 0 atom stereocenters. The predicted molar refractivity (Wildman–Crippen MR) is 68.5 cm³/mol. The first-order valence-electron chi connectivity index (χ1n) is 5.13. The molecule has 1 N–H and O–H groups in total. The van der Waals surface area contributed by atoms with Gasteiger partial charge in [-0.25, -0.2) is 13.2 Å². The Morgan fingerprint density at radius 2 is 1.84 bits per heavy atom. The summed E-state index contributed by atoms with van der Waals surface area (Å²) in [7, 11) is 0. The Hall–Kier alpha value is -2.00. The van der Waals surface area contributed by atoms with Gasteiger partial charge in [0.25, 0.3) is 0 Å². The normalized spacial score (nSPS) is 10.1. The molecule has 0 bridgehead atoms. The molecule has 2 nitrogen and oxygen atoms in total. The number of nitrogens with zero attached hydrogens (tertiary/aromatic N) is 1. The highest BCUT2D eigenvalue weighted by molar-refractivity contribution is 9.10. The molecule has 96 valence electrons. The maximum absolute atomic E-state index is 13.5.